The number of hydrogen-bond acceptors (Lipinski definition) is 6. The molecule has 2 saturated heterocycles. The monoisotopic (exact) mass is 596 g/mol. The second-order valence-corrected chi connectivity index (χ2v) is 14.5. The topological polar surface area (TPSA) is 115 Å². The SMILES string of the molecule is CC1=[NH+][C@@](C)(c2ccccc2)[B-]2(O1)OC(C)(C)C(C)(C)O2.CC1=[NH+][C@@](C)(c2ccccc2)[B-]2(O1)OC(C)(C)C(C)(C)O2.O. The van der Waals surface area contributed by atoms with Crippen LogP contribution in [0, 0.1) is 0 Å². The Morgan fingerprint density at radius 2 is 0.721 bits per heavy atom. The van der Waals surface area contributed by atoms with E-state index in [4.69, 9.17) is 27.9 Å². The molecule has 0 radical (unpaired) electrons. The number of rotatable bonds is 2. The van der Waals surface area contributed by atoms with E-state index in [9.17, 15) is 0 Å². The third kappa shape index (κ3) is 4.93. The molecule has 2 spiro atoms. The van der Waals surface area contributed by atoms with Crippen molar-refractivity contribution >= 4 is 25.3 Å². The van der Waals surface area contributed by atoms with Gasteiger partial charge in [0.05, 0.1) is 13.8 Å². The molecule has 11 heteroatoms. The Bertz CT molecular complexity index is 1270. The van der Waals surface area contributed by atoms with Crippen LogP contribution < -0.4 is 9.98 Å². The largest absolute Gasteiger partial charge is 0.621 e. The van der Waals surface area contributed by atoms with Crippen LogP contribution in [-0.2, 0) is 38.8 Å². The highest BCUT2D eigenvalue weighted by molar-refractivity contribution is 6.67. The molecule has 9 nitrogen and oxygen atoms in total. The van der Waals surface area contributed by atoms with Crippen LogP contribution in [0.2, 0.25) is 0 Å². The van der Waals surface area contributed by atoms with Crippen molar-refractivity contribution in [2.24, 2.45) is 0 Å². The standard InChI is InChI=1S/2C16H23BNO3.H2O/c2*1-12-18-16(6,13-10-8-7-9-11-13)17(19-12)20-14(2,3)15(4,5)21-17;/h2*7-11H,1-6H3;1H2/q2*-1;/p+2/t2*16-;/m00./s1. The first-order valence-corrected chi connectivity index (χ1v) is 15.0. The lowest BCUT2D eigenvalue weighted by atomic mass is 9.55. The Kier molecular flexibility index (Phi) is 7.86. The van der Waals surface area contributed by atoms with Crippen LogP contribution in [0.3, 0.4) is 0 Å². The molecule has 4 N–H and O–H groups in total. The molecule has 2 fully saturated rings. The molecule has 0 aromatic heterocycles. The van der Waals surface area contributed by atoms with Crippen molar-refractivity contribution in [3.05, 3.63) is 71.8 Å². The van der Waals surface area contributed by atoms with Crippen LogP contribution in [0.1, 0.15) is 94.2 Å². The van der Waals surface area contributed by atoms with Gasteiger partial charge in [-0.25, -0.2) is 9.98 Å². The summed E-state index contributed by atoms with van der Waals surface area (Å²) >= 11 is 0. The molecule has 4 aliphatic heterocycles. The van der Waals surface area contributed by atoms with Crippen molar-refractivity contribution in [3.8, 4) is 0 Å². The molecular formula is C32H50B2N2O7. The van der Waals surface area contributed by atoms with E-state index in [1.807, 2.05) is 106 Å². The predicted octanol–water partition coefficient (Wildman–Crippen LogP) is 2.20. The van der Waals surface area contributed by atoms with Crippen molar-refractivity contribution in [2.75, 3.05) is 0 Å². The van der Waals surface area contributed by atoms with Crippen molar-refractivity contribution in [2.45, 2.75) is 116 Å². The molecule has 4 aliphatic rings. The van der Waals surface area contributed by atoms with Crippen molar-refractivity contribution in [3.63, 3.8) is 0 Å². The average Bonchev–Trinajstić information content (AvgIpc) is 3.41. The Morgan fingerprint density at radius 3 is 0.977 bits per heavy atom. The van der Waals surface area contributed by atoms with Gasteiger partial charge in [0.2, 0.25) is 0 Å². The maximum atomic E-state index is 6.39. The molecule has 0 unspecified atom stereocenters. The zero-order chi connectivity index (χ0) is 31.0. The molecule has 2 atom stereocenters. The summed E-state index contributed by atoms with van der Waals surface area (Å²) in [4.78, 5) is 6.85. The summed E-state index contributed by atoms with van der Waals surface area (Å²) in [5.74, 6) is 1.46. The Hall–Kier alpha value is -2.69. The van der Waals surface area contributed by atoms with Gasteiger partial charge in [0.1, 0.15) is 0 Å². The summed E-state index contributed by atoms with van der Waals surface area (Å²) in [5.41, 5.74) is -0.645. The quantitative estimate of drug-likeness (QED) is 0.515. The average molecular weight is 596 g/mol. The van der Waals surface area contributed by atoms with Gasteiger partial charge >= 0.3 is 13.5 Å². The minimum absolute atomic E-state index is 0. The molecule has 43 heavy (non-hydrogen) atoms. The van der Waals surface area contributed by atoms with Crippen LogP contribution in [0.25, 0.3) is 0 Å². The van der Waals surface area contributed by atoms with E-state index in [-0.39, 0.29) is 5.48 Å². The lowest BCUT2D eigenvalue weighted by Gasteiger charge is -2.39. The number of benzene rings is 2. The summed E-state index contributed by atoms with van der Waals surface area (Å²) in [6.45, 7) is 20.4. The maximum Gasteiger partial charge on any atom is 0.513 e. The Balaban J connectivity index is 0.000000192. The van der Waals surface area contributed by atoms with Gasteiger partial charge in [-0.2, -0.15) is 0 Å². The van der Waals surface area contributed by atoms with Gasteiger partial charge < -0.3 is 33.4 Å². The summed E-state index contributed by atoms with van der Waals surface area (Å²) < 4.78 is 37.7. The first-order chi connectivity index (χ1) is 19.2. The van der Waals surface area contributed by atoms with Gasteiger partial charge in [0.25, 0.3) is 11.8 Å². The lowest BCUT2D eigenvalue weighted by Crippen LogP contribution is -2.87. The number of nitrogens with one attached hydrogen (secondary N) is 2. The third-order valence-electron chi connectivity index (χ3n) is 10.4. The lowest BCUT2D eigenvalue weighted by molar-refractivity contribution is -0.532. The molecule has 236 valence electrons. The zero-order valence-electron chi connectivity index (χ0n) is 27.9. The highest BCUT2D eigenvalue weighted by atomic mass is 16.8. The van der Waals surface area contributed by atoms with Crippen LogP contribution in [0.5, 0.6) is 0 Å². The van der Waals surface area contributed by atoms with Gasteiger partial charge in [-0.1, -0.05) is 60.7 Å². The predicted molar refractivity (Wildman–Crippen MR) is 169 cm³/mol. The van der Waals surface area contributed by atoms with Crippen molar-refractivity contribution in [1.82, 2.24) is 0 Å². The highest BCUT2D eigenvalue weighted by Crippen LogP contribution is 2.49. The molecule has 0 amide bonds. The minimum Gasteiger partial charge on any atom is -0.621 e. The fraction of sp³-hybridized carbons (Fsp3) is 0.562. The molecule has 0 bridgehead atoms. The Labute approximate surface area is 256 Å². The maximum absolute atomic E-state index is 6.39. The van der Waals surface area contributed by atoms with E-state index >= 15 is 0 Å². The smallest absolute Gasteiger partial charge is 0.513 e. The molecule has 0 aliphatic carbocycles. The van der Waals surface area contributed by atoms with Gasteiger partial charge in [0, 0.05) is 22.4 Å². The van der Waals surface area contributed by atoms with E-state index in [0.717, 1.165) is 22.9 Å². The fourth-order valence-electron chi connectivity index (χ4n) is 6.52. The van der Waals surface area contributed by atoms with E-state index in [1.54, 1.807) is 0 Å². The number of hydrogen-bond donors (Lipinski definition) is 2. The van der Waals surface area contributed by atoms with Gasteiger partial charge in [0.15, 0.2) is 10.9 Å². The fourth-order valence-corrected chi connectivity index (χ4v) is 6.52. The molecular weight excluding hydrogens is 546 g/mol. The first-order valence-electron chi connectivity index (χ1n) is 15.0. The highest BCUT2D eigenvalue weighted by Gasteiger charge is 2.70. The summed E-state index contributed by atoms with van der Waals surface area (Å²) in [6.07, 6.45) is 0. The molecule has 2 aromatic rings. The van der Waals surface area contributed by atoms with E-state index in [1.165, 1.54) is 0 Å². The van der Waals surface area contributed by atoms with Gasteiger partial charge in [-0.3, -0.25) is 0 Å². The van der Waals surface area contributed by atoms with Gasteiger partial charge in [-0.15, -0.1) is 0 Å². The van der Waals surface area contributed by atoms with Crippen LogP contribution >= 0.6 is 0 Å². The normalized spacial score (nSPS) is 31.3. The summed E-state index contributed by atoms with van der Waals surface area (Å²) in [6, 6.07) is 20.4. The molecule has 0 saturated carbocycles. The third-order valence-corrected chi connectivity index (χ3v) is 10.4. The van der Waals surface area contributed by atoms with Crippen molar-refractivity contribution in [1.29, 1.82) is 0 Å². The zero-order valence-corrected chi connectivity index (χ0v) is 27.9. The summed E-state index contributed by atoms with van der Waals surface area (Å²) in [7, 11) is 0. The van der Waals surface area contributed by atoms with E-state index in [0.29, 0.717) is 0 Å². The van der Waals surface area contributed by atoms with Crippen LogP contribution in [0.15, 0.2) is 60.7 Å². The second-order valence-electron chi connectivity index (χ2n) is 14.5. The van der Waals surface area contributed by atoms with E-state index in [2.05, 4.69) is 48.1 Å². The molecule has 6 rings (SSSR count). The minimum atomic E-state index is -1.96. The van der Waals surface area contributed by atoms with Crippen molar-refractivity contribution < 1.29 is 43.4 Å². The van der Waals surface area contributed by atoms with Crippen LogP contribution in [-0.4, -0.2) is 53.2 Å². The van der Waals surface area contributed by atoms with Crippen LogP contribution in [0.4, 0.5) is 0 Å². The Morgan fingerprint density at radius 1 is 0.465 bits per heavy atom. The first kappa shape index (κ1) is 33.2. The molecule has 4 heterocycles. The van der Waals surface area contributed by atoms with E-state index < -0.39 is 46.8 Å². The van der Waals surface area contributed by atoms with Gasteiger partial charge in [-0.05, 0) is 80.4 Å². The summed E-state index contributed by atoms with van der Waals surface area (Å²) in [5, 5.41) is 0. The molecule has 2 aromatic carbocycles. The second kappa shape index (κ2) is 10.2.